The molecule has 0 spiro atoms. The van der Waals surface area contributed by atoms with E-state index in [0.717, 1.165) is 13.1 Å². The summed E-state index contributed by atoms with van der Waals surface area (Å²) in [5.74, 6) is 0. The fraction of sp³-hybridized carbons (Fsp3) is 0.231. The quantitative estimate of drug-likeness (QED) is 0.833. The number of anilines is 1. The van der Waals surface area contributed by atoms with Crippen LogP contribution in [0.15, 0.2) is 33.4 Å². The Balaban J connectivity index is 1.98. The zero-order chi connectivity index (χ0) is 13.1. The molecule has 2 nitrogen and oxygen atoms in total. The highest BCUT2D eigenvalue weighted by molar-refractivity contribution is 9.11. The molecule has 0 saturated heterocycles. The molecule has 96 valence electrons. The van der Waals surface area contributed by atoms with E-state index in [1.165, 1.54) is 14.9 Å². The monoisotopic (exact) mass is 344 g/mol. The first kappa shape index (κ1) is 13.9. The van der Waals surface area contributed by atoms with Crippen LogP contribution in [0.25, 0.3) is 0 Å². The highest BCUT2D eigenvalue weighted by Gasteiger charge is 2.05. The zero-order valence-electron chi connectivity index (χ0n) is 9.99. The topological polar surface area (TPSA) is 29.3 Å². The van der Waals surface area contributed by atoms with Gasteiger partial charge in [-0.3, -0.25) is 4.90 Å². The van der Waals surface area contributed by atoms with Crippen molar-refractivity contribution in [2.45, 2.75) is 13.1 Å². The maximum Gasteiger partial charge on any atom is 0.0701 e. The van der Waals surface area contributed by atoms with E-state index in [1.807, 2.05) is 18.2 Å². The van der Waals surface area contributed by atoms with Crippen molar-refractivity contribution in [3.63, 3.8) is 0 Å². The lowest BCUT2D eigenvalue weighted by Crippen LogP contribution is -2.16. The number of rotatable bonds is 4. The smallest absolute Gasteiger partial charge is 0.0701 e. The molecule has 1 aromatic heterocycles. The van der Waals surface area contributed by atoms with Crippen molar-refractivity contribution in [1.82, 2.24) is 4.90 Å². The molecule has 0 aliphatic carbocycles. The van der Waals surface area contributed by atoms with E-state index in [4.69, 9.17) is 17.3 Å². The van der Waals surface area contributed by atoms with Gasteiger partial charge in [-0.15, -0.1) is 11.3 Å². The Labute approximate surface area is 124 Å². The predicted molar refractivity (Wildman–Crippen MR) is 83.1 cm³/mol. The van der Waals surface area contributed by atoms with Gasteiger partial charge >= 0.3 is 0 Å². The standard InChI is InChI=1S/C13H14BrClN2S/c1-17(7-10-5-13(14)18-8-10)6-9-2-3-12(16)11(15)4-9/h2-5,8H,6-7,16H2,1H3. The molecule has 2 N–H and O–H groups in total. The van der Waals surface area contributed by atoms with Crippen molar-refractivity contribution in [3.8, 4) is 0 Å². The summed E-state index contributed by atoms with van der Waals surface area (Å²) in [6.07, 6.45) is 0. The van der Waals surface area contributed by atoms with Crippen molar-refractivity contribution in [3.05, 3.63) is 49.6 Å². The van der Waals surface area contributed by atoms with Crippen LogP contribution in [0.1, 0.15) is 11.1 Å². The van der Waals surface area contributed by atoms with E-state index in [2.05, 4.69) is 39.3 Å². The molecule has 0 aliphatic heterocycles. The van der Waals surface area contributed by atoms with Gasteiger partial charge < -0.3 is 5.73 Å². The number of benzene rings is 1. The van der Waals surface area contributed by atoms with Gasteiger partial charge in [0.15, 0.2) is 0 Å². The van der Waals surface area contributed by atoms with Gasteiger partial charge in [-0.2, -0.15) is 0 Å². The molecule has 18 heavy (non-hydrogen) atoms. The van der Waals surface area contributed by atoms with Crippen molar-refractivity contribution < 1.29 is 0 Å². The third-order valence-electron chi connectivity index (χ3n) is 2.59. The second-order valence-corrected chi connectivity index (χ2v) is 6.98. The van der Waals surface area contributed by atoms with Gasteiger partial charge in [-0.1, -0.05) is 17.7 Å². The minimum Gasteiger partial charge on any atom is -0.398 e. The normalized spacial score (nSPS) is 11.1. The van der Waals surface area contributed by atoms with Crippen LogP contribution in [0.5, 0.6) is 0 Å². The molecular weight excluding hydrogens is 332 g/mol. The van der Waals surface area contributed by atoms with Crippen LogP contribution in [0.2, 0.25) is 5.02 Å². The Morgan fingerprint density at radius 2 is 2.00 bits per heavy atom. The molecule has 0 fully saturated rings. The fourth-order valence-corrected chi connectivity index (χ4v) is 3.18. The summed E-state index contributed by atoms with van der Waals surface area (Å²) in [5.41, 5.74) is 8.81. The molecule has 0 radical (unpaired) electrons. The molecule has 1 heterocycles. The van der Waals surface area contributed by atoms with E-state index >= 15 is 0 Å². The largest absolute Gasteiger partial charge is 0.398 e. The molecule has 0 bridgehead atoms. The molecular formula is C13H14BrClN2S. The molecule has 0 unspecified atom stereocenters. The van der Waals surface area contributed by atoms with Crippen LogP contribution in [0.4, 0.5) is 5.69 Å². The van der Waals surface area contributed by atoms with Crippen molar-refractivity contribution in [1.29, 1.82) is 0 Å². The number of thiophene rings is 1. The van der Waals surface area contributed by atoms with Crippen LogP contribution in [0, 0.1) is 0 Å². The summed E-state index contributed by atoms with van der Waals surface area (Å²) in [4.78, 5) is 2.25. The van der Waals surface area contributed by atoms with Crippen LogP contribution in [-0.4, -0.2) is 11.9 Å². The molecule has 0 aliphatic rings. The lowest BCUT2D eigenvalue weighted by Gasteiger charge is -2.16. The summed E-state index contributed by atoms with van der Waals surface area (Å²) in [5, 5.41) is 2.79. The molecule has 1 aromatic carbocycles. The summed E-state index contributed by atoms with van der Waals surface area (Å²) < 4.78 is 1.17. The summed E-state index contributed by atoms with van der Waals surface area (Å²) in [6.45, 7) is 1.78. The SMILES string of the molecule is CN(Cc1csc(Br)c1)Cc1ccc(N)c(Cl)c1. The number of nitrogens with zero attached hydrogens (tertiary/aromatic N) is 1. The minimum absolute atomic E-state index is 0.624. The Morgan fingerprint density at radius 1 is 1.28 bits per heavy atom. The number of nitrogens with two attached hydrogens (primary N) is 1. The third-order valence-corrected chi connectivity index (χ3v) is 4.47. The summed E-state index contributed by atoms with van der Waals surface area (Å²) in [7, 11) is 2.09. The predicted octanol–water partition coefficient (Wildman–Crippen LogP) is 4.38. The zero-order valence-corrected chi connectivity index (χ0v) is 13.1. The summed E-state index contributed by atoms with van der Waals surface area (Å²) in [6, 6.07) is 7.95. The third kappa shape index (κ3) is 3.72. The van der Waals surface area contributed by atoms with Gasteiger partial charge in [0.2, 0.25) is 0 Å². The molecule has 0 amide bonds. The Morgan fingerprint density at radius 3 is 2.61 bits per heavy atom. The molecule has 0 atom stereocenters. The van der Waals surface area contributed by atoms with Gasteiger partial charge in [0.1, 0.15) is 0 Å². The highest BCUT2D eigenvalue weighted by atomic mass is 79.9. The Hall–Kier alpha value is -0.550. The lowest BCUT2D eigenvalue weighted by molar-refractivity contribution is 0.319. The van der Waals surface area contributed by atoms with E-state index in [1.54, 1.807) is 11.3 Å². The average Bonchev–Trinajstić information content (AvgIpc) is 2.69. The van der Waals surface area contributed by atoms with Crippen LogP contribution >= 0.6 is 38.9 Å². The molecule has 5 heteroatoms. The van der Waals surface area contributed by atoms with E-state index in [0.29, 0.717) is 10.7 Å². The second kappa shape index (κ2) is 6.06. The van der Waals surface area contributed by atoms with Gasteiger partial charge in [0, 0.05) is 13.1 Å². The highest BCUT2D eigenvalue weighted by Crippen LogP contribution is 2.23. The van der Waals surface area contributed by atoms with Crippen molar-refractivity contribution in [2.24, 2.45) is 0 Å². The van der Waals surface area contributed by atoms with Crippen molar-refractivity contribution in [2.75, 3.05) is 12.8 Å². The fourth-order valence-electron chi connectivity index (χ4n) is 1.78. The number of hydrogen-bond acceptors (Lipinski definition) is 3. The number of nitrogen functional groups attached to an aromatic ring is 1. The van der Waals surface area contributed by atoms with Gasteiger partial charge in [0.25, 0.3) is 0 Å². The first-order valence-corrected chi connectivity index (χ1v) is 7.55. The molecule has 0 saturated carbocycles. The number of hydrogen-bond donors (Lipinski definition) is 1. The van der Waals surface area contributed by atoms with E-state index in [-0.39, 0.29) is 0 Å². The second-order valence-electron chi connectivity index (χ2n) is 4.29. The van der Waals surface area contributed by atoms with Gasteiger partial charge in [0.05, 0.1) is 14.5 Å². The van der Waals surface area contributed by atoms with Crippen molar-refractivity contribution >= 4 is 44.6 Å². The first-order chi connectivity index (χ1) is 8.54. The maximum atomic E-state index is 6.01. The Bertz CT molecular complexity index is 542. The first-order valence-electron chi connectivity index (χ1n) is 5.50. The molecule has 2 rings (SSSR count). The van der Waals surface area contributed by atoms with E-state index < -0.39 is 0 Å². The van der Waals surface area contributed by atoms with Gasteiger partial charge in [-0.05, 0) is 57.7 Å². The van der Waals surface area contributed by atoms with Crippen LogP contribution in [-0.2, 0) is 13.1 Å². The maximum absolute atomic E-state index is 6.01. The Kier molecular flexibility index (Phi) is 4.67. The number of halogens is 2. The minimum atomic E-state index is 0.624. The van der Waals surface area contributed by atoms with Crippen LogP contribution in [0.3, 0.4) is 0 Å². The van der Waals surface area contributed by atoms with E-state index in [9.17, 15) is 0 Å². The average molecular weight is 346 g/mol. The van der Waals surface area contributed by atoms with Gasteiger partial charge in [-0.25, -0.2) is 0 Å². The molecule has 2 aromatic rings. The summed E-state index contributed by atoms with van der Waals surface area (Å²) >= 11 is 11.2. The lowest BCUT2D eigenvalue weighted by atomic mass is 10.2. The van der Waals surface area contributed by atoms with Crippen LogP contribution < -0.4 is 5.73 Å².